The fourth-order valence-corrected chi connectivity index (χ4v) is 5.93. The number of carbonyl (C=O) groups is 1. The van der Waals surface area contributed by atoms with Crippen LogP contribution in [-0.2, 0) is 0 Å². The van der Waals surface area contributed by atoms with Crippen LogP contribution in [0.1, 0.15) is 44.1 Å². The molecule has 0 spiro atoms. The molecule has 1 aromatic heterocycles. The van der Waals surface area contributed by atoms with Crippen molar-refractivity contribution < 1.29 is 4.79 Å². The van der Waals surface area contributed by atoms with Crippen molar-refractivity contribution >= 4 is 45.2 Å². The van der Waals surface area contributed by atoms with Gasteiger partial charge in [0.05, 0.1) is 17.4 Å². The van der Waals surface area contributed by atoms with Gasteiger partial charge in [-0.05, 0) is 61.5 Å². The molecule has 1 atom stereocenters. The molecule has 0 unspecified atom stereocenters. The molecule has 1 saturated carbocycles. The molecule has 2 aromatic rings. The lowest BCUT2D eigenvalue weighted by atomic mass is 9.62. The molecule has 0 radical (unpaired) electrons. The van der Waals surface area contributed by atoms with Gasteiger partial charge in [0, 0.05) is 42.0 Å². The molecule has 2 fully saturated rings. The number of nitrogens with one attached hydrogen (secondary N) is 3. The van der Waals surface area contributed by atoms with Gasteiger partial charge in [0.2, 0.25) is 0 Å². The van der Waals surface area contributed by atoms with Crippen molar-refractivity contribution in [3.8, 4) is 0 Å². The highest BCUT2D eigenvalue weighted by Gasteiger charge is 2.60. The highest BCUT2D eigenvalue weighted by Crippen LogP contribution is 2.52. The maximum atomic E-state index is 12.7. The maximum absolute atomic E-state index is 12.7. The van der Waals surface area contributed by atoms with Gasteiger partial charge in [-0.15, -0.1) is 0 Å². The van der Waals surface area contributed by atoms with Crippen molar-refractivity contribution in [3.05, 3.63) is 41.9 Å². The van der Waals surface area contributed by atoms with E-state index >= 15 is 0 Å². The number of benzene rings is 1. The second-order valence-corrected chi connectivity index (χ2v) is 9.76. The molecule has 9 heteroatoms. The van der Waals surface area contributed by atoms with Crippen molar-refractivity contribution in [2.75, 3.05) is 24.6 Å². The summed E-state index contributed by atoms with van der Waals surface area (Å²) in [5.41, 5.74) is 9.75. The number of pyridine rings is 1. The van der Waals surface area contributed by atoms with Gasteiger partial charge in [0.1, 0.15) is 0 Å². The SMILES string of the molecule is Cc1cc2nccc(NCCC3([C@@]45NC(=O)N(C)C4=CN=C(Cl)N5)CCCCC3)c2cc1N. The normalized spacial score (nSPS) is 24.0. The number of aliphatic imine (C=N–C) groups is 1. The van der Waals surface area contributed by atoms with Crippen molar-refractivity contribution in [3.63, 3.8) is 0 Å². The number of urea groups is 1. The van der Waals surface area contributed by atoms with E-state index in [0.29, 0.717) is 5.29 Å². The van der Waals surface area contributed by atoms with Gasteiger partial charge >= 0.3 is 6.03 Å². The number of hydrogen-bond acceptors (Lipinski definition) is 6. The number of nitrogens with zero attached hydrogens (tertiary/aromatic N) is 3. The molecule has 2 aliphatic heterocycles. The van der Waals surface area contributed by atoms with Crippen LogP contribution in [0.4, 0.5) is 16.2 Å². The van der Waals surface area contributed by atoms with E-state index in [1.54, 1.807) is 18.1 Å². The van der Waals surface area contributed by atoms with Crippen molar-refractivity contribution in [2.24, 2.45) is 10.4 Å². The molecule has 3 heterocycles. The van der Waals surface area contributed by atoms with Gasteiger partial charge in [-0.3, -0.25) is 9.88 Å². The number of carbonyl (C=O) groups excluding carboxylic acids is 1. The smallest absolute Gasteiger partial charge is 0.323 e. The van der Waals surface area contributed by atoms with Crippen LogP contribution in [0, 0.1) is 12.3 Å². The lowest BCUT2D eigenvalue weighted by Gasteiger charge is -2.52. The van der Waals surface area contributed by atoms with Gasteiger partial charge in [0.25, 0.3) is 0 Å². The minimum Gasteiger partial charge on any atom is -0.398 e. The molecular weight excluding hydrogens is 438 g/mol. The van der Waals surface area contributed by atoms with Crippen LogP contribution in [0.5, 0.6) is 0 Å². The number of aryl methyl sites for hydroxylation is 1. The van der Waals surface area contributed by atoms with E-state index in [2.05, 4.69) is 25.9 Å². The first kappa shape index (κ1) is 21.8. The fourth-order valence-electron chi connectivity index (χ4n) is 5.74. The van der Waals surface area contributed by atoms with Crippen LogP contribution < -0.4 is 21.7 Å². The zero-order chi connectivity index (χ0) is 23.2. The Hall–Kier alpha value is -3.00. The van der Waals surface area contributed by atoms with Crippen LogP contribution in [-0.4, -0.2) is 40.5 Å². The van der Waals surface area contributed by atoms with E-state index in [-0.39, 0.29) is 11.4 Å². The minimum absolute atomic E-state index is 0.140. The Morgan fingerprint density at radius 1 is 1.24 bits per heavy atom. The highest BCUT2D eigenvalue weighted by molar-refractivity contribution is 6.65. The monoisotopic (exact) mass is 467 g/mol. The third kappa shape index (κ3) is 3.47. The Balaban J connectivity index is 1.45. The largest absolute Gasteiger partial charge is 0.398 e. The average molecular weight is 468 g/mol. The Kier molecular flexibility index (Phi) is 5.35. The zero-order valence-electron chi connectivity index (χ0n) is 19.0. The van der Waals surface area contributed by atoms with Crippen LogP contribution >= 0.6 is 11.6 Å². The molecule has 5 N–H and O–H groups in total. The molecular formula is C24H30ClN7O. The first-order chi connectivity index (χ1) is 15.9. The number of anilines is 2. The van der Waals surface area contributed by atoms with E-state index < -0.39 is 5.66 Å². The lowest BCUT2D eigenvalue weighted by molar-refractivity contribution is 0.0571. The third-order valence-electron chi connectivity index (χ3n) is 7.59. The quantitative estimate of drug-likeness (QED) is 0.388. The molecule has 1 aliphatic carbocycles. The molecule has 1 saturated heterocycles. The maximum Gasteiger partial charge on any atom is 0.323 e. The van der Waals surface area contributed by atoms with E-state index in [9.17, 15) is 4.79 Å². The third-order valence-corrected chi connectivity index (χ3v) is 7.78. The summed E-state index contributed by atoms with van der Waals surface area (Å²) < 4.78 is 0. The first-order valence-corrected chi connectivity index (χ1v) is 11.9. The molecule has 3 aliphatic rings. The van der Waals surface area contributed by atoms with Crippen molar-refractivity contribution in [1.82, 2.24) is 20.5 Å². The molecule has 8 nitrogen and oxygen atoms in total. The zero-order valence-corrected chi connectivity index (χ0v) is 19.8. The standard InChI is InChI=1S/C24H30ClN7O/c1-15-12-19-16(13-17(15)26)18(6-10-27-19)28-11-9-23(7-4-3-5-8-23)24-20(14-29-21(25)30-24)32(2)22(33)31-24/h6,10,12-14H,3-5,7-9,11,26H2,1-2H3,(H,27,28)(H,29,30)(H,31,33)/t24-/m0/s1. The highest BCUT2D eigenvalue weighted by atomic mass is 35.5. The van der Waals surface area contributed by atoms with Gasteiger partial charge in [-0.2, -0.15) is 0 Å². The van der Waals surface area contributed by atoms with E-state index in [0.717, 1.165) is 72.2 Å². The first-order valence-electron chi connectivity index (χ1n) is 11.5. The number of amides is 2. The number of amidine groups is 1. The van der Waals surface area contributed by atoms with E-state index in [4.69, 9.17) is 17.3 Å². The summed E-state index contributed by atoms with van der Waals surface area (Å²) in [4.78, 5) is 23.1. The van der Waals surface area contributed by atoms with Crippen LogP contribution in [0.15, 0.2) is 41.3 Å². The van der Waals surface area contributed by atoms with E-state index in [1.165, 1.54) is 6.42 Å². The van der Waals surface area contributed by atoms with Gasteiger partial charge in [-0.25, -0.2) is 9.79 Å². The molecule has 1 aromatic carbocycles. The Bertz CT molecular complexity index is 1170. The van der Waals surface area contributed by atoms with E-state index in [1.807, 2.05) is 31.3 Å². The molecule has 5 rings (SSSR count). The summed E-state index contributed by atoms with van der Waals surface area (Å²) in [7, 11) is 1.78. The number of fused-ring (bicyclic) bond motifs is 2. The summed E-state index contributed by atoms with van der Waals surface area (Å²) in [5, 5.41) is 11.6. The van der Waals surface area contributed by atoms with Crippen LogP contribution in [0.3, 0.4) is 0 Å². The van der Waals surface area contributed by atoms with Crippen LogP contribution in [0.25, 0.3) is 10.9 Å². The number of nitrogen functional groups attached to an aromatic ring is 1. The molecule has 2 amide bonds. The second-order valence-electron chi connectivity index (χ2n) is 9.40. The van der Waals surface area contributed by atoms with Gasteiger partial charge < -0.3 is 21.7 Å². The summed E-state index contributed by atoms with van der Waals surface area (Å²) in [6.45, 7) is 2.73. The number of nitrogens with two attached hydrogens (primary N) is 1. The van der Waals surface area contributed by atoms with Crippen molar-refractivity contribution in [1.29, 1.82) is 0 Å². The Labute approximate surface area is 198 Å². The second kappa shape index (κ2) is 8.09. The Morgan fingerprint density at radius 2 is 2.03 bits per heavy atom. The molecule has 33 heavy (non-hydrogen) atoms. The molecule has 174 valence electrons. The number of likely N-dealkylation sites (N-methyl/N-ethyl adjacent to an activating group) is 1. The molecule has 0 bridgehead atoms. The minimum atomic E-state index is -0.762. The number of halogens is 1. The predicted molar refractivity (Wildman–Crippen MR) is 133 cm³/mol. The van der Waals surface area contributed by atoms with Crippen molar-refractivity contribution in [2.45, 2.75) is 51.1 Å². The van der Waals surface area contributed by atoms with Crippen LogP contribution in [0.2, 0.25) is 0 Å². The summed E-state index contributed by atoms with van der Waals surface area (Å²) in [6, 6.07) is 5.85. The summed E-state index contributed by atoms with van der Waals surface area (Å²) in [6.07, 6.45) is 9.78. The summed E-state index contributed by atoms with van der Waals surface area (Å²) >= 11 is 6.36. The number of rotatable bonds is 5. The topological polar surface area (TPSA) is 108 Å². The van der Waals surface area contributed by atoms with Gasteiger partial charge in [0.15, 0.2) is 11.0 Å². The predicted octanol–water partition coefficient (Wildman–Crippen LogP) is 4.27. The number of aromatic nitrogens is 1. The number of hydrogen-bond donors (Lipinski definition) is 4. The summed E-state index contributed by atoms with van der Waals surface area (Å²) in [5.74, 6) is 0. The fraction of sp³-hybridized carbons (Fsp3) is 0.458. The van der Waals surface area contributed by atoms with Gasteiger partial charge in [-0.1, -0.05) is 19.3 Å². The average Bonchev–Trinajstić information content (AvgIpc) is 3.06. The lowest BCUT2D eigenvalue weighted by Crippen LogP contribution is -2.68. The Morgan fingerprint density at radius 3 is 2.82 bits per heavy atom.